The number of rotatable bonds is 6. The van der Waals surface area contributed by atoms with Crippen LogP contribution in [0.5, 0.6) is 0 Å². The highest BCUT2D eigenvalue weighted by molar-refractivity contribution is 5.94. The summed E-state index contributed by atoms with van der Waals surface area (Å²) >= 11 is 0. The number of hydrogen-bond acceptors (Lipinski definition) is 2. The summed E-state index contributed by atoms with van der Waals surface area (Å²) < 4.78 is 0. The van der Waals surface area contributed by atoms with Crippen LogP contribution in [0, 0.1) is 11.8 Å². The highest BCUT2D eigenvalue weighted by atomic mass is 16.1. The maximum Gasteiger partial charge on any atom is 0.251 e. The van der Waals surface area contributed by atoms with Gasteiger partial charge in [-0.15, -0.1) is 0 Å². The number of nitrogens with one attached hydrogen (secondary N) is 3. The maximum absolute atomic E-state index is 11.7. The van der Waals surface area contributed by atoms with E-state index in [2.05, 4.69) is 27.9 Å². The fourth-order valence-electron chi connectivity index (χ4n) is 3.48. The predicted molar refractivity (Wildman–Crippen MR) is 104 cm³/mol. The first kappa shape index (κ1) is 19.3. The Labute approximate surface area is 151 Å². The zero-order valence-electron chi connectivity index (χ0n) is 15.8. The number of nitrogens with zero attached hydrogens (tertiary/aromatic N) is 1. The van der Waals surface area contributed by atoms with Crippen molar-refractivity contribution in [2.24, 2.45) is 16.8 Å². The van der Waals surface area contributed by atoms with Gasteiger partial charge < -0.3 is 16.0 Å². The average Bonchev–Trinajstić information content (AvgIpc) is 2.65. The van der Waals surface area contributed by atoms with E-state index in [-0.39, 0.29) is 5.91 Å². The van der Waals surface area contributed by atoms with Crippen LogP contribution < -0.4 is 16.0 Å². The first-order chi connectivity index (χ1) is 12.1. The molecule has 25 heavy (non-hydrogen) atoms. The lowest BCUT2D eigenvalue weighted by Crippen LogP contribution is -2.42. The quantitative estimate of drug-likeness (QED) is 0.549. The molecule has 5 heteroatoms. The molecule has 1 aliphatic rings. The molecule has 1 aliphatic carbocycles. The van der Waals surface area contributed by atoms with Crippen LogP contribution in [0.25, 0.3) is 0 Å². The van der Waals surface area contributed by atoms with Crippen molar-refractivity contribution in [1.29, 1.82) is 0 Å². The summed E-state index contributed by atoms with van der Waals surface area (Å²) in [6.45, 7) is 4.14. The van der Waals surface area contributed by atoms with Crippen LogP contribution in [0.1, 0.15) is 48.5 Å². The second kappa shape index (κ2) is 10.1. The first-order valence-electron chi connectivity index (χ1n) is 9.39. The first-order valence-corrected chi connectivity index (χ1v) is 9.39. The van der Waals surface area contributed by atoms with Gasteiger partial charge >= 0.3 is 0 Å². The lowest BCUT2D eigenvalue weighted by molar-refractivity contribution is 0.0963. The van der Waals surface area contributed by atoms with Crippen molar-refractivity contribution >= 4 is 11.9 Å². The van der Waals surface area contributed by atoms with Gasteiger partial charge in [0.05, 0.1) is 0 Å². The van der Waals surface area contributed by atoms with E-state index < -0.39 is 0 Å². The van der Waals surface area contributed by atoms with Gasteiger partial charge in [-0.2, -0.15) is 0 Å². The second-order valence-electron chi connectivity index (χ2n) is 6.93. The monoisotopic (exact) mass is 344 g/mol. The van der Waals surface area contributed by atoms with Gasteiger partial charge in [0.15, 0.2) is 5.96 Å². The molecule has 1 fully saturated rings. The average molecular weight is 345 g/mol. The van der Waals surface area contributed by atoms with Crippen molar-refractivity contribution in [2.45, 2.75) is 39.0 Å². The molecule has 0 aliphatic heterocycles. The standard InChI is InChI=1S/C20H32N4O/c1-15-7-4-5-9-18(15)14-24-20(22-3)23-12-11-16-8-6-10-17(13-16)19(25)21-2/h6,8,10,13,15,18H,4-5,7,9,11-12,14H2,1-3H3,(H,21,25)(H2,22,23,24). The van der Waals surface area contributed by atoms with Crippen LogP contribution in [0.2, 0.25) is 0 Å². The summed E-state index contributed by atoms with van der Waals surface area (Å²) in [6, 6.07) is 7.76. The summed E-state index contributed by atoms with van der Waals surface area (Å²) in [5.74, 6) is 2.36. The highest BCUT2D eigenvalue weighted by Gasteiger charge is 2.21. The Bertz CT molecular complexity index is 585. The molecule has 1 amide bonds. The van der Waals surface area contributed by atoms with Crippen LogP contribution in [-0.2, 0) is 6.42 Å². The van der Waals surface area contributed by atoms with Gasteiger partial charge in [0.2, 0.25) is 0 Å². The van der Waals surface area contributed by atoms with Gasteiger partial charge in [-0.3, -0.25) is 9.79 Å². The number of benzene rings is 1. The van der Waals surface area contributed by atoms with Crippen LogP contribution in [0.15, 0.2) is 29.3 Å². The van der Waals surface area contributed by atoms with E-state index in [9.17, 15) is 4.79 Å². The number of guanidine groups is 1. The maximum atomic E-state index is 11.7. The van der Waals surface area contributed by atoms with E-state index in [0.29, 0.717) is 5.56 Å². The topological polar surface area (TPSA) is 65.5 Å². The fourth-order valence-corrected chi connectivity index (χ4v) is 3.48. The Morgan fingerprint density at radius 3 is 2.76 bits per heavy atom. The largest absolute Gasteiger partial charge is 0.356 e. The molecule has 0 bridgehead atoms. The lowest BCUT2D eigenvalue weighted by Gasteiger charge is -2.29. The molecule has 2 unspecified atom stereocenters. The van der Waals surface area contributed by atoms with E-state index in [1.807, 2.05) is 31.3 Å². The van der Waals surface area contributed by atoms with Crippen LogP contribution >= 0.6 is 0 Å². The van der Waals surface area contributed by atoms with E-state index in [1.54, 1.807) is 7.05 Å². The van der Waals surface area contributed by atoms with Gasteiger partial charge in [0.25, 0.3) is 5.91 Å². The normalized spacial score (nSPS) is 20.8. The Morgan fingerprint density at radius 2 is 2.04 bits per heavy atom. The van der Waals surface area contributed by atoms with E-state index in [0.717, 1.165) is 42.9 Å². The van der Waals surface area contributed by atoms with Gasteiger partial charge in [-0.25, -0.2) is 0 Å². The molecule has 1 aromatic carbocycles. The molecule has 0 saturated heterocycles. The molecular weight excluding hydrogens is 312 g/mol. The third-order valence-electron chi connectivity index (χ3n) is 5.17. The third-order valence-corrected chi connectivity index (χ3v) is 5.17. The van der Waals surface area contributed by atoms with Crippen LogP contribution in [0.4, 0.5) is 0 Å². The lowest BCUT2D eigenvalue weighted by atomic mass is 9.80. The Morgan fingerprint density at radius 1 is 1.24 bits per heavy atom. The summed E-state index contributed by atoms with van der Waals surface area (Å²) in [5.41, 5.74) is 1.85. The van der Waals surface area contributed by atoms with Gasteiger partial charge in [0, 0.05) is 32.7 Å². The molecule has 3 N–H and O–H groups in total. The molecule has 0 spiro atoms. The van der Waals surface area contributed by atoms with E-state index in [1.165, 1.54) is 25.7 Å². The van der Waals surface area contributed by atoms with Crippen molar-refractivity contribution < 1.29 is 4.79 Å². The zero-order chi connectivity index (χ0) is 18.1. The van der Waals surface area contributed by atoms with Crippen LogP contribution in [0.3, 0.4) is 0 Å². The summed E-state index contributed by atoms with van der Waals surface area (Å²) in [4.78, 5) is 16.0. The van der Waals surface area contributed by atoms with Gasteiger partial charge in [-0.05, 0) is 42.4 Å². The number of aliphatic imine (C=N–C) groups is 1. The molecule has 138 valence electrons. The summed E-state index contributed by atoms with van der Waals surface area (Å²) in [5, 5.41) is 9.50. The molecule has 1 saturated carbocycles. The predicted octanol–water partition coefficient (Wildman–Crippen LogP) is 2.58. The number of amides is 1. The molecule has 0 radical (unpaired) electrons. The van der Waals surface area contributed by atoms with Crippen molar-refractivity contribution in [1.82, 2.24) is 16.0 Å². The van der Waals surface area contributed by atoms with Crippen molar-refractivity contribution in [3.8, 4) is 0 Å². The summed E-state index contributed by atoms with van der Waals surface area (Å²) in [6.07, 6.45) is 6.24. The number of carbonyl (C=O) groups excluding carboxylic acids is 1. The van der Waals surface area contributed by atoms with Gasteiger partial charge in [-0.1, -0.05) is 38.3 Å². The van der Waals surface area contributed by atoms with Crippen molar-refractivity contribution in [3.63, 3.8) is 0 Å². The smallest absolute Gasteiger partial charge is 0.251 e. The highest BCUT2D eigenvalue weighted by Crippen LogP contribution is 2.28. The van der Waals surface area contributed by atoms with E-state index in [4.69, 9.17) is 0 Å². The van der Waals surface area contributed by atoms with Crippen molar-refractivity contribution in [3.05, 3.63) is 35.4 Å². The summed E-state index contributed by atoms with van der Waals surface area (Å²) in [7, 11) is 3.46. The Balaban J connectivity index is 1.76. The number of hydrogen-bond donors (Lipinski definition) is 3. The zero-order valence-corrected chi connectivity index (χ0v) is 15.8. The Hall–Kier alpha value is -2.04. The minimum atomic E-state index is -0.0473. The molecule has 5 nitrogen and oxygen atoms in total. The number of carbonyl (C=O) groups is 1. The second-order valence-corrected chi connectivity index (χ2v) is 6.93. The molecule has 2 rings (SSSR count). The van der Waals surface area contributed by atoms with Gasteiger partial charge in [0.1, 0.15) is 0 Å². The van der Waals surface area contributed by atoms with Crippen LogP contribution in [-0.4, -0.2) is 39.1 Å². The molecule has 0 aromatic heterocycles. The third kappa shape index (κ3) is 6.07. The Kier molecular flexibility index (Phi) is 7.76. The molecule has 1 aromatic rings. The SMILES string of the molecule is CN=C(NCCc1cccc(C(=O)NC)c1)NCC1CCCCC1C. The molecular formula is C20H32N4O. The minimum Gasteiger partial charge on any atom is -0.356 e. The minimum absolute atomic E-state index is 0.0473. The molecule has 0 heterocycles. The fraction of sp³-hybridized carbons (Fsp3) is 0.600. The molecule has 2 atom stereocenters. The van der Waals surface area contributed by atoms with E-state index >= 15 is 0 Å². The van der Waals surface area contributed by atoms with Crippen molar-refractivity contribution in [2.75, 3.05) is 27.2 Å².